The molecule has 3 heterocycles. The van der Waals surface area contributed by atoms with Crippen LogP contribution in [0.3, 0.4) is 0 Å². The molecule has 1 unspecified atom stereocenters. The highest BCUT2D eigenvalue weighted by Gasteiger charge is 2.23. The third kappa shape index (κ3) is 5.74. The van der Waals surface area contributed by atoms with E-state index >= 15 is 0 Å². The average Bonchev–Trinajstić information content (AvgIpc) is 2.80. The Bertz CT molecular complexity index is 791. The van der Waals surface area contributed by atoms with Crippen LogP contribution in [0.2, 0.25) is 0 Å². The summed E-state index contributed by atoms with van der Waals surface area (Å²) in [7, 11) is 0. The first-order valence-corrected chi connectivity index (χ1v) is 9.59. The Morgan fingerprint density at radius 1 is 1.41 bits per heavy atom. The molecule has 0 aromatic carbocycles. The maximum atomic E-state index is 9.69. The van der Waals surface area contributed by atoms with Gasteiger partial charge in [0.2, 0.25) is 0 Å². The number of aromatic nitrogens is 3. The van der Waals surface area contributed by atoms with Gasteiger partial charge in [-0.1, -0.05) is 33.3 Å². The predicted molar refractivity (Wildman–Crippen MR) is 109 cm³/mol. The van der Waals surface area contributed by atoms with E-state index in [1.807, 2.05) is 13.0 Å². The lowest BCUT2D eigenvalue weighted by Crippen LogP contribution is -2.30. The van der Waals surface area contributed by atoms with Crippen molar-refractivity contribution >= 4 is 22.6 Å². The number of carbonyl (C=O) groups excluding carboxylic acids is 1. The monoisotopic (exact) mass is 370 g/mol. The number of anilines is 1. The zero-order chi connectivity index (χ0) is 19.8. The van der Waals surface area contributed by atoms with Crippen molar-refractivity contribution in [3.8, 4) is 5.75 Å². The molecular weight excluding hydrogens is 340 g/mol. The van der Waals surface area contributed by atoms with Crippen LogP contribution >= 0.6 is 0 Å². The van der Waals surface area contributed by atoms with Crippen LogP contribution in [0.4, 0.5) is 5.82 Å². The Hall–Kier alpha value is -2.50. The molecule has 0 bridgehead atoms. The first-order chi connectivity index (χ1) is 13.0. The first-order valence-electron chi connectivity index (χ1n) is 9.59. The minimum Gasteiger partial charge on any atom is -0.489 e. The molecule has 3 rings (SSSR count). The summed E-state index contributed by atoms with van der Waals surface area (Å²) in [5, 5.41) is 0. The molecule has 1 aliphatic rings. The second-order valence-electron chi connectivity index (χ2n) is 7.02. The molecule has 1 atom stereocenters. The van der Waals surface area contributed by atoms with Gasteiger partial charge in [-0.05, 0) is 26.3 Å². The molecular formula is C21H30N4O2. The van der Waals surface area contributed by atoms with Crippen LogP contribution in [0.15, 0.2) is 25.0 Å². The topological polar surface area (TPSA) is 68.2 Å². The normalized spacial score (nSPS) is 15.9. The zero-order valence-electron chi connectivity index (χ0n) is 16.9. The van der Waals surface area contributed by atoms with E-state index in [0.717, 1.165) is 48.0 Å². The fourth-order valence-electron chi connectivity index (χ4n) is 2.91. The van der Waals surface area contributed by atoms with Crippen molar-refractivity contribution in [2.24, 2.45) is 5.92 Å². The number of ketones is 1. The molecule has 0 amide bonds. The standard InChI is InChI=1S/C17H24N4O.C4H6O/c1-4-5-6-7-21-9-12(2)10-22-15-8-14-16(20-17(15)21)13(3)18-11-19-14;1-3-4(2)5/h8,11-12H,4-7,9-10H2,1-3H3;3H,1H2,2H3. The Kier molecular flexibility index (Phi) is 7.70. The molecule has 2 aromatic rings. The van der Waals surface area contributed by atoms with E-state index in [4.69, 9.17) is 9.72 Å². The molecule has 27 heavy (non-hydrogen) atoms. The van der Waals surface area contributed by atoms with Gasteiger partial charge in [-0.3, -0.25) is 4.79 Å². The molecule has 1 aliphatic heterocycles. The fourth-order valence-corrected chi connectivity index (χ4v) is 2.91. The quantitative estimate of drug-likeness (QED) is 0.582. The van der Waals surface area contributed by atoms with Crippen molar-refractivity contribution in [2.75, 3.05) is 24.6 Å². The number of allylic oxidation sites excluding steroid dienone is 1. The van der Waals surface area contributed by atoms with Gasteiger partial charge < -0.3 is 9.64 Å². The largest absolute Gasteiger partial charge is 0.489 e. The van der Waals surface area contributed by atoms with Gasteiger partial charge in [-0.2, -0.15) is 0 Å². The summed E-state index contributed by atoms with van der Waals surface area (Å²) in [5.74, 6) is 2.31. The molecule has 146 valence electrons. The highest BCUT2D eigenvalue weighted by molar-refractivity contribution is 5.86. The van der Waals surface area contributed by atoms with Gasteiger partial charge in [0.15, 0.2) is 17.4 Å². The average molecular weight is 370 g/mol. The minimum atomic E-state index is 0.0185. The molecule has 0 saturated carbocycles. The molecule has 2 aromatic heterocycles. The van der Waals surface area contributed by atoms with Crippen LogP contribution in [0.1, 0.15) is 45.7 Å². The van der Waals surface area contributed by atoms with Gasteiger partial charge in [0.05, 0.1) is 17.8 Å². The first kappa shape index (κ1) is 20.8. The van der Waals surface area contributed by atoms with Gasteiger partial charge in [0, 0.05) is 25.1 Å². The van der Waals surface area contributed by atoms with Crippen LogP contribution in [0.5, 0.6) is 5.75 Å². The van der Waals surface area contributed by atoms with Crippen molar-refractivity contribution in [3.63, 3.8) is 0 Å². The van der Waals surface area contributed by atoms with Crippen molar-refractivity contribution in [1.29, 1.82) is 0 Å². The maximum Gasteiger partial charge on any atom is 0.172 e. The molecule has 0 aliphatic carbocycles. The number of nitrogens with zero attached hydrogens (tertiary/aromatic N) is 4. The van der Waals surface area contributed by atoms with Gasteiger partial charge >= 0.3 is 0 Å². The SMILES string of the molecule is C=CC(C)=O.CCCCCN1CC(C)COc2cc3ncnc(C)c3nc21. The smallest absolute Gasteiger partial charge is 0.172 e. The molecule has 0 fully saturated rings. The third-order valence-corrected chi connectivity index (χ3v) is 4.41. The van der Waals surface area contributed by atoms with Crippen LogP contribution < -0.4 is 9.64 Å². The second-order valence-corrected chi connectivity index (χ2v) is 7.02. The number of fused-ring (bicyclic) bond motifs is 2. The van der Waals surface area contributed by atoms with Crippen molar-refractivity contribution in [3.05, 3.63) is 30.7 Å². The van der Waals surface area contributed by atoms with Gasteiger partial charge in [-0.15, -0.1) is 0 Å². The highest BCUT2D eigenvalue weighted by atomic mass is 16.5. The van der Waals surface area contributed by atoms with Crippen molar-refractivity contribution in [1.82, 2.24) is 15.0 Å². The molecule has 0 spiro atoms. The van der Waals surface area contributed by atoms with Gasteiger partial charge in [-0.25, -0.2) is 15.0 Å². The van der Waals surface area contributed by atoms with Gasteiger partial charge in [0.25, 0.3) is 0 Å². The number of hydrogen-bond acceptors (Lipinski definition) is 6. The van der Waals surface area contributed by atoms with Crippen molar-refractivity contribution in [2.45, 2.75) is 47.0 Å². The van der Waals surface area contributed by atoms with E-state index in [-0.39, 0.29) is 5.78 Å². The van der Waals surface area contributed by atoms with Crippen LogP contribution in [0.25, 0.3) is 11.0 Å². The van der Waals surface area contributed by atoms with E-state index in [1.54, 1.807) is 6.33 Å². The molecule has 6 heteroatoms. The molecule has 0 radical (unpaired) electrons. The Labute approximate surface area is 161 Å². The van der Waals surface area contributed by atoms with E-state index in [0.29, 0.717) is 5.92 Å². The number of unbranched alkanes of at least 4 members (excludes halogenated alkanes) is 2. The summed E-state index contributed by atoms with van der Waals surface area (Å²) in [5.41, 5.74) is 2.65. The molecule has 0 N–H and O–H groups in total. The minimum absolute atomic E-state index is 0.0185. The lowest BCUT2D eigenvalue weighted by atomic mass is 10.1. The lowest BCUT2D eigenvalue weighted by molar-refractivity contribution is -0.112. The van der Waals surface area contributed by atoms with E-state index in [2.05, 4.69) is 35.3 Å². The number of rotatable bonds is 5. The molecule has 6 nitrogen and oxygen atoms in total. The van der Waals surface area contributed by atoms with Crippen LogP contribution in [-0.2, 0) is 4.79 Å². The van der Waals surface area contributed by atoms with E-state index in [1.165, 1.54) is 32.3 Å². The fraction of sp³-hybridized carbons (Fsp3) is 0.524. The molecule has 0 saturated heterocycles. The lowest BCUT2D eigenvalue weighted by Gasteiger charge is -2.24. The number of ether oxygens (including phenoxy) is 1. The second kappa shape index (κ2) is 10.00. The highest BCUT2D eigenvalue weighted by Crippen LogP contribution is 2.33. The number of aryl methyl sites for hydroxylation is 1. The number of carbonyl (C=O) groups is 1. The Morgan fingerprint density at radius 2 is 2.15 bits per heavy atom. The van der Waals surface area contributed by atoms with E-state index < -0.39 is 0 Å². The van der Waals surface area contributed by atoms with Crippen molar-refractivity contribution < 1.29 is 9.53 Å². The summed E-state index contributed by atoms with van der Waals surface area (Å²) in [6, 6.07) is 2.01. The third-order valence-electron chi connectivity index (χ3n) is 4.41. The summed E-state index contributed by atoms with van der Waals surface area (Å²) in [6.07, 6.45) is 6.53. The predicted octanol–water partition coefficient (Wildman–Crippen LogP) is 4.12. The zero-order valence-corrected chi connectivity index (χ0v) is 16.9. The van der Waals surface area contributed by atoms with E-state index in [9.17, 15) is 4.79 Å². The Morgan fingerprint density at radius 3 is 2.81 bits per heavy atom. The number of hydrogen-bond donors (Lipinski definition) is 0. The Balaban J connectivity index is 0.000000465. The maximum absolute atomic E-state index is 9.69. The van der Waals surface area contributed by atoms with Crippen LogP contribution in [-0.4, -0.2) is 40.4 Å². The summed E-state index contributed by atoms with van der Waals surface area (Å²) >= 11 is 0. The summed E-state index contributed by atoms with van der Waals surface area (Å²) in [6.45, 7) is 13.9. The van der Waals surface area contributed by atoms with Gasteiger partial charge in [0.1, 0.15) is 11.8 Å². The summed E-state index contributed by atoms with van der Waals surface area (Å²) in [4.78, 5) is 25.5. The summed E-state index contributed by atoms with van der Waals surface area (Å²) < 4.78 is 5.98. The number of pyridine rings is 1. The van der Waals surface area contributed by atoms with Crippen LogP contribution in [0, 0.1) is 12.8 Å².